The molecule has 0 bridgehead atoms. The number of nitrogens with one attached hydrogen (secondary N) is 1. The highest BCUT2D eigenvalue weighted by atomic mass is 35.5. The molecule has 1 aromatic carbocycles. The van der Waals surface area contributed by atoms with E-state index in [4.69, 9.17) is 11.6 Å². The number of hydrogen-bond donors (Lipinski definition) is 1. The number of benzene rings is 1. The molecule has 4 nitrogen and oxygen atoms in total. The van der Waals surface area contributed by atoms with Crippen LogP contribution in [0, 0.1) is 0 Å². The van der Waals surface area contributed by atoms with E-state index >= 15 is 0 Å². The second kappa shape index (κ2) is 5.84. The van der Waals surface area contributed by atoms with Crippen LogP contribution in [0.5, 0.6) is 0 Å². The monoisotopic (exact) mass is 331 g/mol. The van der Waals surface area contributed by atoms with Crippen LogP contribution in [0.4, 0.5) is 0 Å². The van der Waals surface area contributed by atoms with E-state index in [1.54, 1.807) is 0 Å². The molecule has 2 fully saturated rings. The minimum Gasteiger partial charge on any atom is -0.349 e. The van der Waals surface area contributed by atoms with Gasteiger partial charge in [-0.2, -0.15) is 0 Å². The molecule has 1 N–H and O–H groups in total. The Kier molecular flexibility index (Phi) is 3.82. The summed E-state index contributed by atoms with van der Waals surface area (Å²) >= 11 is 6.40. The summed E-state index contributed by atoms with van der Waals surface area (Å²) in [5.74, 6) is 0.0205. The number of amides is 1. The molecule has 23 heavy (non-hydrogen) atoms. The lowest BCUT2D eigenvalue weighted by Gasteiger charge is -2.49. The molecule has 3 heterocycles. The Balaban J connectivity index is 1.47. The number of carbonyl (C=O) groups is 1. The number of nitrogens with zero attached hydrogens (tertiary/aromatic N) is 2. The van der Waals surface area contributed by atoms with Crippen molar-refractivity contribution >= 4 is 28.4 Å². The standard InChI is InChI=1S/C18H22ClN3O/c1-12-6-4-5-9-22(12)13-10-21(11-13)18(23)17-16(19)14-7-2-3-8-15(14)20-17/h2-3,7-8,12-13,20H,4-6,9-11H2,1H3/t12-/m1/s1. The summed E-state index contributed by atoms with van der Waals surface area (Å²) in [5, 5.41) is 1.46. The number of hydrogen-bond acceptors (Lipinski definition) is 2. The van der Waals surface area contributed by atoms with Crippen molar-refractivity contribution in [1.82, 2.24) is 14.8 Å². The quantitative estimate of drug-likeness (QED) is 0.914. The molecule has 2 aliphatic rings. The first-order chi connectivity index (χ1) is 11.1. The first-order valence-electron chi connectivity index (χ1n) is 8.46. The number of likely N-dealkylation sites (tertiary alicyclic amines) is 2. The zero-order chi connectivity index (χ0) is 16.0. The molecule has 1 atom stereocenters. The molecule has 2 saturated heterocycles. The molecule has 0 spiro atoms. The van der Waals surface area contributed by atoms with Gasteiger partial charge in [-0.25, -0.2) is 0 Å². The van der Waals surface area contributed by atoms with Crippen LogP contribution in [0.2, 0.25) is 5.02 Å². The van der Waals surface area contributed by atoms with Crippen molar-refractivity contribution in [2.24, 2.45) is 0 Å². The van der Waals surface area contributed by atoms with Gasteiger partial charge in [-0.15, -0.1) is 0 Å². The van der Waals surface area contributed by atoms with Gasteiger partial charge >= 0.3 is 0 Å². The highest BCUT2D eigenvalue weighted by Crippen LogP contribution is 2.30. The molecule has 0 radical (unpaired) electrons. The largest absolute Gasteiger partial charge is 0.349 e. The van der Waals surface area contributed by atoms with Gasteiger partial charge in [0, 0.05) is 36.1 Å². The second-order valence-electron chi connectivity index (χ2n) is 6.81. The van der Waals surface area contributed by atoms with Gasteiger partial charge < -0.3 is 9.88 Å². The predicted octanol–water partition coefficient (Wildman–Crippen LogP) is 3.52. The van der Waals surface area contributed by atoms with Crippen molar-refractivity contribution < 1.29 is 4.79 Å². The number of piperidine rings is 1. The van der Waals surface area contributed by atoms with E-state index in [2.05, 4.69) is 16.8 Å². The Morgan fingerprint density at radius 2 is 2.04 bits per heavy atom. The van der Waals surface area contributed by atoms with E-state index in [1.807, 2.05) is 29.2 Å². The number of halogens is 1. The highest BCUT2D eigenvalue weighted by Gasteiger charge is 2.38. The van der Waals surface area contributed by atoms with E-state index in [1.165, 1.54) is 25.8 Å². The topological polar surface area (TPSA) is 39.3 Å². The third-order valence-electron chi connectivity index (χ3n) is 5.33. The van der Waals surface area contributed by atoms with Gasteiger partial charge in [0.05, 0.1) is 5.02 Å². The number of rotatable bonds is 2. The van der Waals surface area contributed by atoms with Gasteiger partial charge in [0.1, 0.15) is 5.69 Å². The zero-order valence-electron chi connectivity index (χ0n) is 13.4. The summed E-state index contributed by atoms with van der Waals surface area (Å²) in [6.45, 7) is 5.10. The second-order valence-corrected chi connectivity index (χ2v) is 7.18. The number of fused-ring (bicyclic) bond motifs is 1. The maximum atomic E-state index is 12.7. The van der Waals surface area contributed by atoms with E-state index < -0.39 is 0 Å². The molecule has 0 saturated carbocycles. The summed E-state index contributed by atoms with van der Waals surface area (Å²) in [6.07, 6.45) is 3.89. The molecule has 0 aliphatic carbocycles. The van der Waals surface area contributed by atoms with Crippen LogP contribution in [0.3, 0.4) is 0 Å². The molecule has 2 aromatic rings. The fourth-order valence-corrected chi connectivity index (χ4v) is 4.20. The van der Waals surface area contributed by atoms with E-state index in [0.29, 0.717) is 22.8 Å². The van der Waals surface area contributed by atoms with Gasteiger partial charge in [0.2, 0.25) is 0 Å². The van der Waals surface area contributed by atoms with E-state index in [-0.39, 0.29) is 5.91 Å². The summed E-state index contributed by atoms with van der Waals surface area (Å²) in [6, 6.07) is 8.93. The van der Waals surface area contributed by atoms with Crippen molar-refractivity contribution in [3.8, 4) is 0 Å². The third kappa shape index (κ3) is 2.54. The normalized spacial score (nSPS) is 23.2. The fourth-order valence-electron chi connectivity index (χ4n) is 3.91. The van der Waals surface area contributed by atoms with Gasteiger partial charge in [0.25, 0.3) is 5.91 Å². The maximum Gasteiger partial charge on any atom is 0.271 e. The van der Waals surface area contributed by atoms with Crippen LogP contribution in [-0.2, 0) is 0 Å². The lowest BCUT2D eigenvalue weighted by atomic mass is 9.97. The third-order valence-corrected chi connectivity index (χ3v) is 5.72. The molecule has 0 unspecified atom stereocenters. The number of aromatic nitrogens is 1. The molecule has 2 aliphatic heterocycles. The van der Waals surface area contributed by atoms with Gasteiger partial charge in [0.15, 0.2) is 0 Å². The summed E-state index contributed by atoms with van der Waals surface area (Å²) < 4.78 is 0. The zero-order valence-corrected chi connectivity index (χ0v) is 14.1. The Bertz CT molecular complexity index is 735. The first kappa shape index (κ1) is 15.0. The number of aromatic amines is 1. The Morgan fingerprint density at radius 1 is 1.26 bits per heavy atom. The highest BCUT2D eigenvalue weighted by molar-refractivity contribution is 6.38. The first-order valence-corrected chi connectivity index (χ1v) is 8.84. The van der Waals surface area contributed by atoms with Crippen LogP contribution < -0.4 is 0 Å². The van der Waals surface area contributed by atoms with Crippen molar-refractivity contribution in [3.63, 3.8) is 0 Å². The fraction of sp³-hybridized carbons (Fsp3) is 0.500. The number of para-hydroxylation sites is 1. The Morgan fingerprint density at radius 3 is 2.78 bits per heavy atom. The maximum absolute atomic E-state index is 12.7. The molecule has 122 valence electrons. The average Bonchev–Trinajstić information content (AvgIpc) is 2.85. The van der Waals surface area contributed by atoms with E-state index in [0.717, 1.165) is 24.0 Å². The Labute approximate surface area is 141 Å². The van der Waals surface area contributed by atoms with Crippen LogP contribution in [-0.4, -0.2) is 52.4 Å². The van der Waals surface area contributed by atoms with Crippen LogP contribution >= 0.6 is 11.6 Å². The predicted molar refractivity (Wildman–Crippen MR) is 93.0 cm³/mol. The average molecular weight is 332 g/mol. The van der Waals surface area contributed by atoms with Crippen molar-refractivity contribution in [2.75, 3.05) is 19.6 Å². The molecular formula is C18H22ClN3O. The van der Waals surface area contributed by atoms with Crippen molar-refractivity contribution in [2.45, 2.75) is 38.3 Å². The molecular weight excluding hydrogens is 310 g/mol. The lowest BCUT2D eigenvalue weighted by Crippen LogP contribution is -2.63. The van der Waals surface area contributed by atoms with Crippen molar-refractivity contribution in [1.29, 1.82) is 0 Å². The SMILES string of the molecule is C[C@@H]1CCCCN1C1CN(C(=O)c2[nH]c3ccccc3c2Cl)C1. The molecule has 4 rings (SSSR count). The summed E-state index contributed by atoms with van der Waals surface area (Å²) in [7, 11) is 0. The van der Waals surface area contributed by atoms with E-state index in [9.17, 15) is 4.79 Å². The molecule has 1 aromatic heterocycles. The summed E-state index contributed by atoms with van der Waals surface area (Å²) in [5.41, 5.74) is 1.44. The number of H-pyrrole nitrogens is 1. The minimum atomic E-state index is 0.0205. The van der Waals surface area contributed by atoms with Crippen LogP contribution in [0.25, 0.3) is 10.9 Å². The minimum absolute atomic E-state index is 0.0205. The smallest absolute Gasteiger partial charge is 0.271 e. The summed E-state index contributed by atoms with van der Waals surface area (Å²) in [4.78, 5) is 20.4. The van der Waals surface area contributed by atoms with Crippen molar-refractivity contribution in [3.05, 3.63) is 35.0 Å². The molecule has 1 amide bonds. The van der Waals surface area contributed by atoms with Crippen LogP contribution in [0.15, 0.2) is 24.3 Å². The van der Waals surface area contributed by atoms with Crippen LogP contribution in [0.1, 0.15) is 36.7 Å². The van der Waals surface area contributed by atoms with Gasteiger partial charge in [-0.3, -0.25) is 9.69 Å². The number of carbonyl (C=O) groups excluding carboxylic acids is 1. The van der Waals surface area contributed by atoms with Gasteiger partial charge in [-0.05, 0) is 32.4 Å². The molecule has 5 heteroatoms. The van der Waals surface area contributed by atoms with Gasteiger partial charge in [-0.1, -0.05) is 36.2 Å². The Hall–Kier alpha value is -1.52. The lowest BCUT2D eigenvalue weighted by molar-refractivity contribution is 0.00187.